The second kappa shape index (κ2) is 5.81. The van der Waals surface area contributed by atoms with Crippen LogP contribution < -0.4 is 10.5 Å². The number of ketones is 1. The van der Waals surface area contributed by atoms with Gasteiger partial charge in [-0.15, -0.1) is 0 Å². The molecule has 5 atom stereocenters. The maximum absolute atomic E-state index is 13.1. The minimum atomic E-state index is -0.532. The number of piperidine rings is 1. The smallest absolute Gasteiger partial charge is 0.226 e. The number of amides is 2. The van der Waals surface area contributed by atoms with Gasteiger partial charge in [-0.25, -0.2) is 0 Å². The van der Waals surface area contributed by atoms with Crippen LogP contribution >= 0.6 is 0 Å². The molecule has 1 aromatic rings. The summed E-state index contributed by atoms with van der Waals surface area (Å²) in [5.74, 6) is 0.642. The zero-order chi connectivity index (χ0) is 18.8. The van der Waals surface area contributed by atoms with Gasteiger partial charge < -0.3 is 15.4 Å². The molecule has 4 aliphatic rings. The fourth-order valence-corrected chi connectivity index (χ4v) is 5.72. The molecule has 0 unspecified atom stereocenters. The van der Waals surface area contributed by atoms with E-state index in [1.807, 2.05) is 29.2 Å². The topological polar surface area (TPSA) is 89.7 Å². The Morgan fingerprint density at radius 1 is 1.22 bits per heavy atom. The second-order valence-corrected chi connectivity index (χ2v) is 8.54. The number of Topliss-reactive ketones (excluding diaryl/α,β-unsaturated/α-hetero) is 1. The summed E-state index contributed by atoms with van der Waals surface area (Å²) in [6.45, 7) is 1.12. The standard InChI is InChI=1S/C21H24N2O4/c22-19(25)12-4-3-9-23(11-12)20(26)17-14-7-8-21(18(14)17)10-15(24)13-5-1-2-6-16(13)27-21/h1-2,5-6,12,14,17-18H,3-4,7-11H2,(H2,22,25)/t12-,14-,17+,18+,21-/m0/s1. The fourth-order valence-electron chi connectivity index (χ4n) is 5.72. The molecule has 5 rings (SSSR count). The summed E-state index contributed by atoms with van der Waals surface area (Å²) < 4.78 is 6.37. The average molecular weight is 368 g/mol. The second-order valence-electron chi connectivity index (χ2n) is 8.54. The fraction of sp³-hybridized carbons (Fsp3) is 0.571. The largest absolute Gasteiger partial charge is 0.486 e. The molecule has 0 bridgehead atoms. The lowest BCUT2D eigenvalue weighted by molar-refractivity contribution is -0.137. The number of hydrogen-bond acceptors (Lipinski definition) is 4. The molecule has 27 heavy (non-hydrogen) atoms. The summed E-state index contributed by atoms with van der Waals surface area (Å²) >= 11 is 0. The quantitative estimate of drug-likeness (QED) is 0.861. The molecule has 2 aliphatic heterocycles. The lowest BCUT2D eigenvalue weighted by Crippen LogP contribution is -2.47. The van der Waals surface area contributed by atoms with Crippen LogP contribution in [-0.4, -0.2) is 41.2 Å². The maximum atomic E-state index is 13.1. The van der Waals surface area contributed by atoms with Gasteiger partial charge in [0.05, 0.1) is 17.9 Å². The highest BCUT2D eigenvalue weighted by Crippen LogP contribution is 2.66. The monoisotopic (exact) mass is 368 g/mol. The third-order valence-corrected chi connectivity index (χ3v) is 7.06. The molecule has 0 radical (unpaired) electrons. The van der Waals surface area contributed by atoms with E-state index >= 15 is 0 Å². The molecule has 2 amide bonds. The van der Waals surface area contributed by atoms with Crippen LogP contribution in [0.4, 0.5) is 0 Å². The van der Waals surface area contributed by atoms with Gasteiger partial charge in [-0.2, -0.15) is 0 Å². The van der Waals surface area contributed by atoms with Crippen molar-refractivity contribution in [2.75, 3.05) is 13.1 Å². The number of ether oxygens (including phenoxy) is 1. The van der Waals surface area contributed by atoms with E-state index in [1.165, 1.54) is 0 Å². The number of nitrogens with two attached hydrogens (primary N) is 1. The van der Waals surface area contributed by atoms with Crippen molar-refractivity contribution >= 4 is 17.6 Å². The molecule has 6 nitrogen and oxygen atoms in total. The molecule has 3 fully saturated rings. The summed E-state index contributed by atoms with van der Waals surface area (Å²) in [7, 11) is 0. The number of benzene rings is 1. The van der Waals surface area contributed by atoms with Gasteiger partial charge in [0.1, 0.15) is 11.4 Å². The van der Waals surface area contributed by atoms with Crippen molar-refractivity contribution in [1.29, 1.82) is 0 Å². The summed E-state index contributed by atoms with van der Waals surface area (Å²) in [4.78, 5) is 39.1. The SMILES string of the molecule is NC(=O)[C@H]1CCCN(C(=O)[C@@H]2[C@@H]3CC[C@]4(CC(=O)c5ccccc5O4)[C@H]32)C1. The maximum Gasteiger partial charge on any atom is 0.226 e. The van der Waals surface area contributed by atoms with Gasteiger partial charge in [0.2, 0.25) is 11.8 Å². The first-order valence-electron chi connectivity index (χ1n) is 9.89. The van der Waals surface area contributed by atoms with Crippen molar-refractivity contribution in [3.8, 4) is 5.75 Å². The van der Waals surface area contributed by atoms with Crippen LogP contribution in [0.3, 0.4) is 0 Å². The van der Waals surface area contributed by atoms with Crippen molar-refractivity contribution in [3.05, 3.63) is 29.8 Å². The van der Waals surface area contributed by atoms with Crippen molar-refractivity contribution in [3.63, 3.8) is 0 Å². The highest BCUT2D eigenvalue weighted by atomic mass is 16.5. The molecule has 2 heterocycles. The Labute approximate surface area is 158 Å². The first kappa shape index (κ1) is 16.8. The van der Waals surface area contributed by atoms with Crippen molar-refractivity contribution in [2.24, 2.45) is 29.4 Å². The first-order valence-corrected chi connectivity index (χ1v) is 9.89. The molecule has 142 valence electrons. The van der Waals surface area contributed by atoms with Crippen LogP contribution in [0.1, 0.15) is 42.5 Å². The number of carbonyl (C=O) groups is 3. The average Bonchev–Trinajstić information content (AvgIpc) is 3.32. The van der Waals surface area contributed by atoms with E-state index in [1.54, 1.807) is 0 Å². The third kappa shape index (κ3) is 2.49. The minimum absolute atomic E-state index is 0.0801. The molecule has 1 saturated heterocycles. The van der Waals surface area contributed by atoms with Gasteiger partial charge in [-0.05, 0) is 43.7 Å². The van der Waals surface area contributed by atoms with E-state index < -0.39 is 5.60 Å². The lowest BCUT2D eigenvalue weighted by Gasteiger charge is -2.38. The summed E-state index contributed by atoms with van der Waals surface area (Å²) in [5, 5.41) is 0. The molecule has 0 aromatic heterocycles. The van der Waals surface area contributed by atoms with Crippen LogP contribution in [0.15, 0.2) is 24.3 Å². The van der Waals surface area contributed by atoms with Crippen LogP contribution in [0.25, 0.3) is 0 Å². The summed E-state index contributed by atoms with van der Waals surface area (Å²) in [6, 6.07) is 7.39. The van der Waals surface area contributed by atoms with Crippen molar-refractivity contribution in [2.45, 2.75) is 37.7 Å². The van der Waals surface area contributed by atoms with E-state index in [-0.39, 0.29) is 35.4 Å². The van der Waals surface area contributed by atoms with Gasteiger partial charge in [-0.3, -0.25) is 14.4 Å². The van der Waals surface area contributed by atoms with E-state index in [9.17, 15) is 14.4 Å². The Morgan fingerprint density at radius 3 is 2.85 bits per heavy atom. The van der Waals surface area contributed by atoms with Gasteiger partial charge in [0.25, 0.3) is 0 Å². The summed E-state index contributed by atoms with van der Waals surface area (Å²) in [6.07, 6.45) is 3.68. The van der Waals surface area contributed by atoms with Crippen LogP contribution in [0, 0.1) is 23.7 Å². The molecule has 1 aromatic carbocycles. The Morgan fingerprint density at radius 2 is 2.04 bits per heavy atom. The zero-order valence-corrected chi connectivity index (χ0v) is 15.2. The van der Waals surface area contributed by atoms with E-state index in [0.717, 1.165) is 25.7 Å². The minimum Gasteiger partial charge on any atom is -0.486 e. The normalized spacial score (nSPS) is 36.7. The highest BCUT2D eigenvalue weighted by Gasteiger charge is 2.71. The van der Waals surface area contributed by atoms with Gasteiger partial charge in [0, 0.05) is 24.9 Å². The summed E-state index contributed by atoms with van der Waals surface area (Å²) in [5.41, 5.74) is 5.57. The first-order chi connectivity index (χ1) is 13.0. The van der Waals surface area contributed by atoms with Crippen LogP contribution in [0.5, 0.6) is 5.75 Å². The molecule has 2 aliphatic carbocycles. The Kier molecular flexibility index (Phi) is 3.61. The molecule has 1 spiro atoms. The number of para-hydroxylation sites is 1. The van der Waals surface area contributed by atoms with E-state index in [4.69, 9.17) is 10.5 Å². The van der Waals surface area contributed by atoms with Gasteiger partial charge in [-0.1, -0.05) is 12.1 Å². The lowest BCUT2D eigenvalue weighted by atomic mass is 9.84. The highest BCUT2D eigenvalue weighted by molar-refractivity contribution is 6.00. The van der Waals surface area contributed by atoms with Crippen molar-refractivity contribution < 1.29 is 19.1 Å². The molecular weight excluding hydrogens is 344 g/mol. The number of hydrogen-bond donors (Lipinski definition) is 1. The number of carbonyl (C=O) groups excluding carboxylic acids is 3. The molecular formula is C21H24N2O4. The molecule has 2 saturated carbocycles. The van der Waals surface area contributed by atoms with Gasteiger partial charge in [0.15, 0.2) is 5.78 Å². The Hall–Kier alpha value is -2.37. The van der Waals surface area contributed by atoms with E-state index in [2.05, 4.69) is 0 Å². The molecule has 2 N–H and O–H groups in total. The zero-order valence-electron chi connectivity index (χ0n) is 15.2. The number of fused-ring (bicyclic) bond motifs is 3. The van der Waals surface area contributed by atoms with Crippen LogP contribution in [0.2, 0.25) is 0 Å². The predicted molar refractivity (Wildman–Crippen MR) is 97.0 cm³/mol. The Balaban J connectivity index is 1.35. The Bertz CT molecular complexity index is 837. The number of rotatable bonds is 2. The van der Waals surface area contributed by atoms with Gasteiger partial charge >= 0.3 is 0 Å². The third-order valence-electron chi connectivity index (χ3n) is 7.06. The van der Waals surface area contributed by atoms with Crippen molar-refractivity contribution in [1.82, 2.24) is 4.90 Å². The number of likely N-dealkylation sites (tertiary alicyclic amines) is 1. The predicted octanol–water partition coefficient (Wildman–Crippen LogP) is 1.77. The van der Waals surface area contributed by atoms with E-state index in [0.29, 0.717) is 36.7 Å². The molecule has 6 heteroatoms. The van der Waals surface area contributed by atoms with Crippen LogP contribution in [-0.2, 0) is 9.59 Å². The number of primary amides is 1. The number of nitrogens with zero attached hydrogens (tertiary/aromatic N) is 1.